The standard InChI is InChI=1S/C18H20N/c1-13-4-6-15(10-13)7-8-17-12-16-11-14(2)5-9-18(16)19(17)3/h4-9,11H,10,12H2,1-3H3/q+1. The van der Waals surface area contributed by atoms with Crippen LogP contribution in [0, 0.1) is 6.92 Å². The number of nitrogens with zero attached hydrogens (tertiary/aromatic N) is 1. The number of aryl methyl sites for hydroxylation is 1. The first-order valence-corrected chi connectivity index (χ1v) is 6.87. The zero-order valence-corrected chi connectivity index (χ0v) is 11.9. The molecule has 19 heavy (non-hydrogen) atoms. The summed E-state index contributed by atoms with van der Waals surface area (Å²) in [6.45, 7) is 4.34. The second-order valence-corrected chi connectivity index (χ2v) is 5.62. The molecule has 0 N–H and O–H groups in total. The van der Waals surface area contributed by atoms with Crippen molar-refractivity contribution in [2.45, 2.75) is 26.7 Å². The maximum absolute atomic E-state index is 2.31. The second kappa shape index (κ2) is 4.65. The van der Waals surface area contributed by atoms with Crippen molar-refractivity contribution in [1.29, 1.82) is 0 Å². The predicted molar refractivity (Wildman–Crippen MR) is 81.3 cm³/mol. The van der Waals surface area contributed by atoms with Crippen LogP contribution in [0.2, 0.25) is 0 Å². The number of fused-ring (bicyclic) bond motifs is 1. The van der Waals surface area contributed by atoms with Crippen LogP contribution in [0.25, 0.3) is 0 Å². The van der Waals surface area contributed by atoms with Gasteiger partial charge >= 0.3 is 0 Å². The van der Waals surface area contributed by atoms with Crippen LogP contribution >= 0.6 is 0 Å². The van der Waals surface area contributed by atoms with Gasteiger partial charge in [0.25, 0.3) is 0 Å². The van der Waals surface area contributed by atoms with E-state index in [4.69, 9.17) is 0 Å². The highest BCUT2D eigenvalue weighted by molar-refractivity contribution is 5.96. The molecule has 1 heterocycles. The Morgan fingerprint density at radius 2 is 1.89 bits per heavy atom. The highest BCUT2D eigenvalue weighted by Gasteiger charge is 2.24. The van der Waals surface area contributed by atoms with Crippen molar-refractivity contribution < 1.29 is 4.58 Å². The molecular formula is C18H20N+. The smallest absolute Gasteiger partial charge is 0.198 e. The fraction of sp³-hybridized carbons (Fsp3) is 0.278. The lowest BCUT2D eigenvalue weighted by molar-refractivity contribution is -0.400. The van der Waals surface area contributed by atoms with Crippen molar-refractivity contribution in [2.75, 3.05) is 7.05 Å². The summed E-state index contributed by atoms with van der Waals surface area (Å²) in [7, 11) is 2.16. The van der Waals surface area contributed by atoms with Gasteiger partial charge in [-0.25, -0.2) is 0 Å². The molecule has 0 atom stereocenters. The van der Waals surface area contributed by atoms with Crippen molar-refractivity contribution in [3.63, 3.8) is 0 Å². The summed E-state index contributed by atoms with van der Waals surface area (Å²) in [5, 5.41) is 0. The van der Waals surface area contributed by atoms with E-state index in [2.05, 4.69) is 68.0 Å². The van der Waals surface area contributed by atoms with Gasteiger partial charge in [-0.3, -0.25) is 0 Å². The van der Waals surface area contributed by atoms with Crippen molar-refractivity contribution in [2.24, 2.45) is 0 Å². The molecule has 1 aromatic carbocycles. The van der Waals surface area contributed by atoms with E-state index in [1.54, 1.807) is 0 Å². The second-order valence-electron chi connectivity index (χ2n) is 5.62. The summed E-state index contributed by atoms with van der Waals surface area (Å²) in [4.78, 5) is 0. The molecule has 1 aliphatic heterocycles. The Morgan fingerprint density at radius 1 is 1.05 bits per heavy atom. The van der Waals surface area contributed by atoms with E-state index in [0.29, 0.717) is 0 Å². The molecule has 0 unspecified atom stereocenters. The lowest BCUT2D eigenvalue weighted by Crippen LogP contribution is -2.05. The van der Waals surface area contributed by atoms with Crippen LogP contribution < -0.4 is 0 Å². The zero-order chi connectivity index (χ0) is 13.4. The van der Waals surface area contributed by atoms with Gasteiger partial charge in [-0.1, -0.05) is 35.4 Å². The molecule has 1 aliphatic carbocycles. The predicted octanol–water partition coefficient (Wildman–Crippen LogP) is 4.10. The largest absolute Gasteiger partial charge is 0.208 e. The highest BCUT2D eigenvalue weighted by Crippen LogP contribution is 2.27. The van der Waals surface area contributed by atoms with Crippen LogP contribution in [0.3, 0.4) is 0 Å². The first-order chi connectivity index (χ1) is 9.13. The van der Waals surface area contributed by atoms with Gasteiger partial charge < -0.3 is 0 Å². The van der Waals surface area contributed by atoms with Gasteiger partial charge in [0.2, 0.25) is 5.69 Å². The third kappa shape index (κ3) is 2.33. The lowest BCUT2D eigenvalue weighted by atomic mass is 10.1. The van der Waals surface area contributed by atoms with Gasteiger partial charge in [0.05, 0.1) is 6.42 Å². The summed E-state index contributed by atoms with van der Waals surface area (Å²) in [6.07, 6.45) is 11.1. The summed E-state index contributed by atoms with van der Waals surface area (Å²) in [5.41, 5.74) is 8.37. The normalized spacial score (nSPS) is 18.1. The van der Waals surface area contributed by atoms with Gasteiger partial charge in [0, 0.05) is 17.7 Å². The average Bonchev–Trinajstić information content (AvgIpc) is 2.91. The summed E-state index contributed by atoms with van der Waals surface area (Å²) in [6, 6.07) is 6.72. The van der Waals surface area contributed by atoms with Crippen LogP contribution in [0.15, 0.2) is 53.6 Å². The molecule has 0 saturated carbocycles. The minimum Gasteiger partial charge on any atom is -0.198 e. The van der Waals surface area contributed by atoms with E-state index in [-0.39, 0.29) is 0 Å². The van der Waals surface area contributed by atoms with Crippen molar-refractivity contribution in [3.05, 3.63) is 64.8 Å². The molecule has 96 valence electrons. The molecule has 0 radical (unpaired) electrons. The summed E-state index contributed by atoms with van der Waals surface area (Å²) < 4.78 is 2.31. The van der Waals surface area contributed by atoms with Gasteiger partial charge in [-0.15, -0.1) is 0 Å². The Hall–Kier alpha value is -1.89. The molecule has 0 amide bonds. The molecule has 0 spiro atoms. The van der Waals surface area contributed by atoms with Crippen molar-refractivity contribution in [1.82, 2.24) is 0 Å². The van der Waals surface area contributed by atoms with Gasteiger partial charge in [0.1, 0.15) is 7.05 Å². The summed E-state index contributed by atoms with van der Waals surface area (Å²) >= 11 is 0. The molecule has 1 heteroatoms. The molecule has 1 nitrogen and oxygen atoms in total. The quantitative estimate of drug-likeness (QED) is 0.695. The van der Waals surface area contributed by atoms with E-state index < -0.39 is 0 Å². The zero-order valence-electron chi connectivity index (χ0n) is 11.9. The minimum atomic E-state index is 1.05. The third-order valence-corrected chi connectivity index (χ3v) is 3.95. The van der Waals surface area contributed by atoms with E-state index in [0.717, 1.165) is 12.8 Å². The number of hydrogen-bond acceptors (Lipinski definition) is 0. The number of allylic oxidation sites excluding steroid dienone is 6. The third-order valence-electron chi connectivity index (χ3n) is 3.95. The van der Waals surface area contributed by atoms with E-state index in [1.165, 1.54) is 33.7 Å². The molecule has 0 fully saturated rings. The highest BCUT2D eigenvalue weighted by atomic mass is 15.0. The molecule has 1 aromatic rings. The van der Waals surface area contributed by atoms with E-state index in [9.17, 15) is 0 Å². The molecule has 3 rings (SSSR count). The monoisotopic (exact) mass is 250 g/mol. The maximum atomic E-state index is 2.31. The van der Waals surface area contributed by atoms with Crippen LogP contribution in [0.5, 0.6) is 0 Å². The lowest BCUT2D eigenvalue weighted by Gasteiger charge is -1.95. The van der Waals surface area contributed by atoms with Crippen LogP contribution in [-0.2, 0) is 6.42 Å². The van der Waals surface area contributed by atoms with Gasteiger partial charge in [-0.2, -0.15) is 4.58 Å². The SMILES string of the molecule is CC1=CC=C(C=CC2=[N+](C)c3ccc(C)cc3C2)C1. The molecular weight excluding hydrogens is 230 g/mol. The molecule has 0 bridgehead atoms. The molecule has 0 saturated heterocycles. The Kier molecular flexibility index (Phi) is 2.98. The number of rotatable bonds is 2. The Balaban J connectivity index is 1.81. The van der Waals surface area contributed by atoms with Crippen LogP contribution in [0.4, 0.5) is 5.69 Å². The van der Waals surface area contributed by atoms with Crippen LogP contribution in [0.1, 0.15) is 24.5 Å². The molecule has 2 aliphatic rings. The Labute approximate surface area is 115 Å². The summed E-state index contributed by atoms with van der Waals surface area (Å²) in [5.74, 6) is 0. The van der Waals surface area contributed by atoms with Crippen molar-refractivity contribution >= 4 is 11.4 Å². The van der Waals surface area contributed by atoms with Crippen LogP contribution in [-0.4, -0.2) is 17.3 Å². The average molecular weight is 250 g/mol. The Morgan fingerprint density at radius 3 is 2.63 bits per heavy atom. The van der Waals surface area contributed by atoms with E-state index in [1.807, 2.05) is 0 Å². The number of benzene rings is 1. The van der Waals surface area contributed by atoms with Gasteiger partial charge in [0.15, 0.2) is 5.71 Å². The first kappa shape index (κ1) is 12.2. The Bertz CT molecular complexity index is 654. The molecule has 0 aromatic heterocycles. The van der Waals surface area contributed by atoms with E-state index >= 15 is 0 Å². The fourth-order valence-electron chi connectivity index (χ4n) is 2.83. The van der Waals surface area contributed by atoms with Gasteiger partial charge in [-0.05, 0) is 31.9 Å². The topological polar surface area (TPSA) is 3.01 Å². The first-order valence-electron chi connectivity index (χ1n) is 6.87. The fourth-order valence-corrected chi connectivity index (χ4v) is 2.83. The number of hydrogen-bond donors (Lipinski definition) is 0. The maximum Gasteiger partial charge on any atom is 0.208 e. The van der Waals surface area contributed by atoms with Crippen molar-refractivity contribution in [3.8, 4) is 0 Å². The minimum absolute atomic E-state index is 1.05.